The predicted molar refractivity (Wildman–Crippen MR) is 108 cm³/mol. The average molecular weight is 390 g/mol. The highest BCUT2D eigenvalue weighted by Gasteiger charge is 2.23. The summed E-state index contributed by atoms with van der Waals surface area (Å²) in [5.41, 5.74) is 2.52. The first kappa shape index (κ1) is 19.7. The third-order valence-electron chi connectivity index (χ3n) is 4.84. The molecule has 2 aromatic rings. The number of anilines is 1. The smallest absolute Gasteiger partial charge is 0.238 e. The zero-order valence-electron chi connectivity index (χ0n) is 15.8. The summed E-state index contributed by atoms with van der Waals surface area (Å²) in [4.78, 5) is 2.44. The Kier molecular flexibility index (Phi) is 6.04. The van der Waals surface area contributed by atoms with Crippen LogP contribution in [0.5, 0.6) is 5.75 Å². The lowest BCUT2D eigenvalue weighted by atomic mass is 10.0. The van der Waals surface area contributed by atoms with Gasteiger partial charge in [-0.15, -0.1) is 0 Å². The minimum absolute atomic E-state index is 0.0843. The lowest BCUT2D eigenvalue weighted by molar-refractivity contribution is 0.267. The zero-order valence-corrected chi connectivity index (χ0v) is 16.6. The molecule has 7 heteroatoms. The van der Waals surface area contributed by atoms with Gasteiger partial charge in [0.25, 0.3) is 0 Å². The summed E-state index contributed by atoms with van der Waals surface area (Å²) in [7, 11) is -3.68. The molecule has 1 aliphatic rings. The molecule has 6 nitrogen and oxygen atoms in total. The monoisotopic (exact) mass is 389 g/mol. The molecule has 3 rings (SSSR count). The van der Waals surface area contributed by atoms with Gasteiger partial charge in [-0.1, -0.05) is 26.0 Å². The van der Waals surface area contributed by atoms with E-state index in [1.54, 1.807) is 12.1 Å². The number of nitrogens with one attached hydrogen (secondary N) is 1. The molecule has 3 N–H and O–H groups in total. The number of hydrogen-bond donors (Lipinski definition) is 2. The maximum absolute atomic E-state index is 11.3. The molecule has 1 saturated heterocycles. The Bertz CT molecular complexity index is 849. The molecule has 1 aliphatic heterocycles. The molecule has 1 atom stereocenters. The summed E-state index contributed by atoms with van der Waals surface area (Å²) in [5.74, 6) is 1.14. The van der Waals surface area contributed by atoms with E-state index in [4.69, 9.17) is 9.88 Å². The standard InChI is InChI=1S/C20H27N3O3S/c1-15(2)16-3-5-17(6-4-16)23-12-11-22-13-18(23)14-26-19-7-9-20(10-8-19)27(21,24)25/h3-10,15,18,22H,11-14H2,1-2H3,(H2,21,24,25). The van der Waals surface area contributed by atoms with Crippen LogP contribution in [0, 0.1) is 0 Å². The first-order valence-corrected chi connectivity index (χ1v) is 10.7. The van der Waals surface area contributed by atoms with Crippen LogP contribution in [0.4, 0.5) is 5.69 Å². The molecule has 146 valence electrons. The average Bonchev–Trinajstić information content (AvgIpc) is 2.66. The van der Waals surface area contributed by atoms with Gasteiger partial charge in [-0.3, -0.25) is 0 Å². The molecule has 0 amide bonds. The molecular weight excluding hydrogens is 362 g/mol. The second-order valence-corrected chi connectivity index (χ2v) is 8.69. The number of hydrogen-bond acceptors (Lipinski definition) is 5. The normalized spacial score (nSPS) is 17.9. The van der Waals surface area contributed by atoms with Crippen molar-refractivity contribution >= 4 is 15.7 Å². The van der Waals surface area contributed by atoms with Crippen LogP contribution in [-0.4, -0.2) is 40.7 Å². The minimum Gasteiger partial charge on any atom is -0.491 e. The molecule has 0 radical (unpaired) electrons. The van der Waals surface area contributed by atoms with E-state index in [9.17, 15) is 8.42 Å². The van der Waals surface area contributed by atoms with Gasteiger partial charge in [0.15, 0.2) is 0 Å². The van der Waals surface area contributed by atoms with Crippen molar-refractivity contribution in [3.05, 3.63) is 54.1 Å². The van der Waals surface area contributed by atoms with Crippen LogP contribution in [0.15, 0.2) is 53.4 Å². The summed E-state index contributed by atoms with van der Waals surface area (Å²) in [6, 6.07) is 15.1. The molecule has 0 bridgehead atoms. The summed E-state index contributed by atoms with van der Waals surface area (Å²) < 4.78 is 28.6. The van der Waals surface area contributed by atoms with E-state index >= 15 is 0 Å². The van der Waals surface area contributed by atoms with E-state index in [1.165, 1.54) is 23.4 Å². The van der Waals surface area contributed by atoms with Gasteiger partial charge in [-0.25, -0.2) is 13.6 Å². The van der Waals surface area contributed by atoms with Gasteiger partial charge < -0.3 is 15.0 Å². The number of benzene rings is 2. The second-order valence-electron chi connectivity index (χ2n) is 7.12. The van der Waals surface area contributed by atoms with Gasteiger partial charge in [-0.2, -0.15) is 0 Å². The molecular formula is C20H27N3O3S. The van der Waals surface area contributed by atoms with Gasteiger partial charge in [-0.05, 0) is 47.9 Å². The Labute approximate surface area is 161 Å². The van der Waals surface area contributed by atoms with Crippen molar-refractivity contribution in [3.8, 4) is 5.75 Å². The maximum atomic E-state index is 11.3. The SMILES string of the molecule is CC(C)c1ccc(N2CCNCC2COc2ccc(S(N)(=O)=O)cc2)cc1. The fraction of sp³-hybridized carbons (Fsp3) is 0.400. The molecule has 1 fully saturated rings. The molecule has 0 spiro atoms. The third-order valence-corrected chi connectivity index (χ3v) is 5.77. The topological polar surface area (TPSA) is 84.7 Å². The van der Waals surface area contributed by atoms with E-state index in [1.807, 2.05) is 0 Å². The lowest BCUT2D eigenvalue weighted by Crippen LogP contribution is -2.54. The summed E-state index contributed by atoms with van der Waals surface area (Å²) >= 11 is 0. The van der Waals surface area contributed by atoms with Crippen molar-refractivity contribution in [1.29, 1.82) is 0 Å². The van der Waals surface area contributed by atoms with E-state index in [0.717, 1.165) is 19.6 Å². The van der Waals surface area contributed by atoms with E-state index < -0.39 is 10.0 Å². The molecule has 1 heterocycles. The molecule has 0 saturated carbocycles. The summed E-state index contributed by atoms with van der Waals surface area (Å²) in [6.07, 6.45) is 0. The molecule has 0 aliphatic carbocycles. The van der Waals surface area contributed by atoms with Crippen molar-refractivity contribution in [3.63, 3.8) is 0 Å². The fourth-order valence-electron chi connectivity index (χ4n) is 3.22. The van der Waals surface area contributed by atoms with Crippen LogP contribution < -0.4 is 20.1 Å². The predicted octanol–water partition coefficient (Wildman–Crippen LogP) is 2.31. The highest BCUT2D eigenvalue weighted by molar-refractivity contribution is 7.89. The van der Waals surface area contributed by atoms with Crippen LogP contribution >= 0.6 is 0 Å². The van der Waals surface area contributed by atoms with Gasteiger partial charge in [0, 0.05) is 25.3 Å². The minimum atomic E-state index is -3.68. The number of nitrogens with zero attached hydrogens (tertiary/aromatic N) is 1. The fourth-order valence-corrected chi connectivity index (χ4v) is 3.73. The molecule has 0 aromatic heterocycles. The van der Waals surface area contributed by atoms with E-state index in [-0.39, 0.29) is 10.9 Å². The first-order chi connectivity index (χ1) is 12.8. The Balaban J connectivity index is 1.67. The Morgan fingerprint density at radius 2 is 1.81 bits per heavy atom. The summed E-state index contributed by atoms with van der Waals surface area (Å²) in [6.45, 7) is 7.58. The van der Waals surface area contributed by atoms with E-state index in [2.05, 4.69) is 48.3 Å². The Morgan fingerprint density at radius 1 is 1.15 bits per heavy atom. The first-order valence-electron chi connectivity index (χ1n) is 9.17. The summed E-state index contributed by atoms with van der Waals surface area (Å²) in [5, 5.41) is 8.54. The third kappa shape index (κ3) is 5.00. The Hall–Kier alpha value is -2.09. The van der Waals surface area contributed by atoms with Crippen LogP contribution in [0.2, 0.25) is 0 Å². The quantitative estimate of drug-likeness (QED) is 0.792. The number of sulfonamides is 1. The van der Waals surface area contributed by atoms with Crippen molar-refractivity contribution in [2.75, 3.05) is 31.1 Å². The van der Waals surface area contributed by atoms with Crippen molar-refractivity contribution in [2.45, 2.75) is 30.7 Å². The number of primary sulfonamides is 1. The van der Waals surface area contributed by atoms with Gasteiger partial charge >= 0.3 is 0 Å². The maximum Gasteiger partial charge on any atom is 0.238 e. The highest BCUT2D eigenvalue weighted by Crippen LogP contribution is 2.23. The number of nitrogens with two attached hydrogens (primary N) is 1. The van der Waals surface area contributed by atoms with Crippen molar-refractivity contribution < 1.29 is 13.2 Å². The van der Waals surface area contributed by atoms with E-state index in [0.29, 0.717) is 18.3 Å². The van der Waals surface area contributed by atoms with Crippen molar-refractivity contribution in [1.82, 2.24) is 5.32 Å². The highest BCUT2D eigenvalue weighted by atomic mass is 32.2. The van der Waals surface area contributed by atoms with Gasteiger partial charge in [0.05, 0.1) is 10.9 Å². The number of ether oxygens (including phenoxy) is 1. The largest absolute Gasteiger partial charge is 0.491 e. The van der Waals surface area contributed by atoms with Crippen LogP contribution in [0.1, 0.15) is 25.3 Å². The zero-order chi connectivity index (χ0) is 19.4. The van der Waals surface area contributed by atoms with Crippen molar-refractivity contribution in [2.24, 2.45) is 5.14 Å². The molecule has 1 unspecified atom stereocenters. The van der Waals surface area contributed by atoms with Crippen LogP contribution in [0.25, 0.3) is 0 Å². The molecule has 27 heavy (non-hydrogen) atoms. The van der Waals surface area contributed by atoms with Crippen LogP contribution in [0.3, 0.4) is 0 Å². The number of rotatable bonds is 6. The van der Waals surface area contributed by atoms with Gasteiger partial charge in [0.2, 0.25) is 10.0 Å². The van der Waals surface area contributed by atoms with Gasteiger partial charge in [0.1, 0.15) is 12.4 Å². The Morgan fingerprint density at radius 3 is 2.41 bits per heavy atom. The van der Waals surface area contributed by atoms with Crippen LogP contribution in [-0.2, 0) is 10.0 Å². The lowest BCUT2D eigenvalue weighted by Gasteiger charge is -2.38. The second kappa shape index (κ2) is 8.29. The number of piperazine rings is 1. The molecule has 2 aromatic carbocycles.